The lowest BCUT2D eigenvalue weighted by molar-refractivity contribution is -0.120. The molecule has 0 aliphatic rings. The van der Waals surface area contributed by atoms with Crippen molar-refractivity contribution in [2.75, 3.05) is 12.3 Å². The summed E-state index contributed by atoms with van der Waals surface area (Å²) in [6, 6.07) is 10.9. The molecule has 126 valence electrons. The zero-order valence-corrected chi connectivity index (χ0v) is 16.2. The second-order valence-corrected chi connectivity index (χ2v) is 6.67. The van der Waals surface area contributed by atoms with Gasteiger partial charge in [0.15, 0.2) is 0 Å². The molecule has 2 aromatic carbocycles. The Morgan fingerprint density at radius 3 is 2.46 bits per heavy atom. The minimum atomic E-state index is -0.194. The van der Waals surface area contributed by atoms with Crippen LogP contribution in [0.4, 0.5) is 5.69 Å². The van der Waals surface area contributed by atoms with E-state index in [2.05, 4.69) is 42.4 Å². The van der Waals surface area contributed by atoms with Gasteiger partial charge in [-0.05, 0) is 74.2 Å². The topological polar surface area (TPSA) is 76.7 Å². The smallest absolute Gasteiger partial charge is 0.244 e. The van der Waals surface area contributed by atoms with Crippen molar-refractivity contribution in [3.05, 3.63) is 56.5 Å². The van der Waals surface area contributed by atoms with Crippen molar-refractivity contribution in [1.82, 2.24) is 5.43 Å². The maximum Gasteiger partial charge on any atom is 0.244 e. The summed E-state index contributed by atoms with van der Waals surface area (Å²) in [5.74, 6) is 0.544. The lowest BCUT2D eigenvalue weighted by atomic mass is 10.1. The van der Waals surface area contributed by atoms with Gasteiger partial charge in [0.1, 0.15) is 5.75 Å². The Labute approximate surface area is 157 Å². The summed E-state index contributed by atoms with van der Waals surface area (Å²) in [6.07, 6.45) is 1.82. The van der Waals surface area contributed by atoms with Crippen molar-refractivity contribution >= 4 is 49.7 Å². The van der Waals surface area contributed by atoms with Crippen LogP contribution < -0.4 is 15.9 Å². The van der Waals surface area contributed by atoms with Crippen LogP contribution in [0.2, 0.25) is 0 Å². The van der Waals surface area contributed by atoms with Gasteiger partial charge >= 0.3 is 0 Å². The molecule has 2 rings (SSSR count). The van der Waals surface area contributed by atoms with Crippen LogP contribution in [0.3, 0.4) is 0 Å². The highest BCUT2D eigenvalue weighted by molar-refractivity contribution is 9.11. The second kappa shape index (κ2) is 8.84. The Hall–Kier alpha value is -1.86. The second-order valence-electron chi connectivity index (χ2n) is 4.96. The highest BCUT2D eigenvalue weighted by Gasteiger charge is 2.08. The Bertz CT molecular complexity index is 723. The number of carbonyl (C=O) groups excluding carboxylic acids is 1. The number of carbonyl (C=O) groups is 1. The van der Waals surface area contributed by atoms with Crippen molar-refractivity contribution in [2.24, 2.45) is 5.10 Å². The SMILES string of the molecule is CCOc1c(Br)cc(/C=N\NC(=O)Cc2ccc(N)cc2)cc1Br. The molecule has 2 aromatic rings. The van der Waals surface area contributed by atoms with E-state index >= 15 is 0 Å². The van der Waals surface area contributed by atoms with Gasteiger partial charge in [-0.3, -0.25) is 4.79 Å². The highest BCUT2D eigenvalue weighted by Crippen LogP contribution is 2.34. The first-order valence-corrected chi connectivity index (χ1v) is 8.86. The number of hydrogen-bond acceptors (Lipinski definition) is 4. The van der Waals surface area contributed by atoms with Gasteiger partial charge in [0, 0.05) is 5.69 Å². The lowest BCUT2D eigenvalue weighted by Gasteiger charge is -2.09. The van der Waals surface area contributed by atoms with Gasteiger partial charge in [-0.1, -0.05) is 12.1 Å². The third-order valence-corrected chi connectivity index (χ3v) is 4.23. The van der Waals surface area contributed by atoms with Crippen molar-refractivity contribution in [2.45, 2.75) is 13.3 Å². The average Bonchev–Trinajstić information content (AvgIpc) is 2.53. The molecule has 24 heavy (non-hydrogen) atoms. The van der Waals surface area contributed by atoms with E-state index in [1.165, 1.54) is 0 Å². The summed E-state index contributed by atoms with van der Waals surface area (Å²) in [7, 11) is 0. The van der Waals surface area contributed by atoms with Gasteiger partial charge in [-0.25, -0.2) is 5.43 Å². The fourth-order valence-electron chi connectivity index (χ4n) is 1.98. The lowest BCUT2D eigenvalue weighted by Crippen LogP contribution is -2.19. The molecule has 1 amide bonds. The van der Waals surface area contributed by atoms with Crippen LogP contribution in [0.25, 0.3) is 0 Å². The highest BCUT2D eigenvalue weighted by atomic mass is 79.9. The standard InChI is InChI=1S/C17H17Br2N3O2/c1-2-24-17-14(18)7-12(8-15(17)19)10-21-22-16(23)9-11-3-5-13(20)6-4-11/h3-8,10H,2,9,20H2,1H3,(H,22,23)/b21-10-. The summed E-state index contributed by atoms with van der Waals surface area (Å²) in [6.45, 7) is 2.50. The number of rotatable bonds is 6. The van der Waals surface area contributed by atoms with E-state index in [4.69, 9.17) is 10.5 Å². The monoisotopic (exact) mass is 453 g/mol. The number of nitrogens with two attached hydrogens (primary N) is 1. The molecule has 0 bridgehead atoms. The molecular formula is C17H17Br2N3O2. The molecule has 3 N–H and O–H groups in total. The number of amides is 1. The molecule has 0 unspecified atom stereocenters. The Morgan fingerprint density at radius 1 is 1.25 bits per heavy atom. The Balaban J connectivity index is 1.96. The summed E-state index contributed by atoms with van der Waals surface area (Å²) < 4.78 is 7.15. The number of hydrazone groups is 1. The minimum absolute atomic E-state index is 0.194. The van der Waals surface area contributed by atoms with Gasteiger partial charge in [0.25, 0.3) is 0 Å². The van der Waals surface area contributed by atoms with Crippen molar-refractivity contribution in [3.63, 3.8) is 0 Å². The zero-order valence-electron chi connectivity index (χ0n) is 13.1. The predicted molar refractivity (Wildman–Crippen MR) is 103 cm³/mol. The van der Waals surface area contributed by atoms with Crippen molar-refractivity contribution in [3.8, 4) is 5.75 Å². The van der Waals surface area contributed by atoms with E-state index in [1.807, 2.05) is 31.2 Å². The van der Waals surface area contributed by atoms with E-state index in [1.54, 1.807) is 18.3 Å². The zero-order chi connectivity index (χ0) is 17.5. The maximum atomic E-state index is 11.9. The molecule has 0 aliphatic heterocycles. The molecular weight excluding hydrogens is 438 g/mol. The molecule has 5 nitrogen and oxygen atoms in total. The van der Waals surface area contributed by atoms with Crippen LogP contribution in [-0.4, -0.2) is 18.7 Å². The Kier molecular flexibility index (Phi) is 6.81. The fourth-order valence-corrected chi connectivity index (χ4v) is 3.43. The minimum Gasteiger partial charge on any atom is -0.492 e. The largest absolute Gasteiger partial charge is 0.492 e. The van der Waals surface area contributed by atoms with Gasteiger partial charge in [-0.2, -0.15) is 5.10 Å². The van der Waals surface area contributed by atoms with Crippen LogP contribution >= 0.6 is 31.9 Å². The van der Waals surface area contributed by atoms with E-state index < -0.39 is 0 Å². The number of nitrogen functional groups attached to an aromatic ring is 1. The van der Waals surface area contributed by atoms with Crippen LogP contribution in [-0.2, 0) is 11.2 Å². The number of halogens is 2. The first-order valence-electron chi connectivity index (χ1n) is 7.27. The summed E-state index contributed by atoms with van der Waals surface area (Å²) in [5, 5.41) is 3.98. The molecule has 0 aromatic heterocycles. The van der Waals surface area contributed by atoms with Crippen molar-refractivity contribution in [1.29, 1.82) is 0 Å². The van der Waals surface area contributed by atoms with Gasteiger partial charge in [-0.15, -0.1) is 0 Å². The molecule has 0 saturated heterocycles. The molecule has 0 atom stereocenters. The number of ether oxygens (including phenoxy) is 1. The first kappa shape index (κ1) is 18.5. The van der Waals surface area contributed by atoms with E-state index in [0.29, 0.717) is 12.3 Å². The summed E-state index contributed by atoms with van der Waals surface area (Å²) in [5.41, 5.74) is 10.5. The average molecular weight is 455 g/mol. The number of nitrogens with zero attached hydrogens (tertiary/aromatic N) is 1. The van der Waals surface area contributed by atoms with Gasteiger partial charge < -0.3 is 10.5 Å². The molecule has 7 heteroatoms. The third-order valence-electron chi connectivity index (χ3n) is 3.06. The number of anilines is 1. The predicted octanol–water partition coefficient (Wildman–Crippen LogP) is 3.89. The maximum absolute atomic E-state index is 11.9. The van der Waals surface area contributed by atoms with Gasteiger partial charge in [0.2, 0.25) is 5.91 Å². The molecule has 0 radical (unpaired) electrons. The molecule has 0 saturated carbocycles. The molecule has 0 heterocycles. The van der Waals surface area contributed by atoms with Gasteiger partial charge in [0.05, 0.1) is 28.2 Å². The number of benzene rings is 2. The third kappa shape index (κ3) is 5.35. The quantitative estimate of drug-likeness (QED) is 0.395. The van der Waals surface area contributed by atoms with E-state index in [-0.39, 0.29) is 12.3 Å². The van der Waals surface area contributed by atoms with Crippen LogP contribution in [0.15, 0.2) is 50.4 Å². The van der Waals surface area contributed by atoms with E-state index in [9.17, 15) is 4.79 Å². The first-order chi connectivity index (χ1) is 11.5. The van der Waals surface area contributed by atoms with E-state index in [0.717, 1.165) is 25.8 Å². The summed E-state index contributed by atoms with van der Waals surface area (Å²) in [4.78, 5) is 11.9. The normalized spacial score (nSPS) is 10.8. The fraction of sp³-hybridized carbons (Fsp3) is 0.176. The number of hydrogen-bond donors (Lipinski definition) is 2. The number of nitrogens with one attached hydrogen (secondary N) is 1. The summed E-state index contributed by atoms with van der Waals surface area (Å²) >= 11 is 6.91. The Morgan fingerprint density at radius 2 is 1.88 bits per heavy atom. The van der Waals surface area contributed by atoms with Crippen LogP contribution in [0.1, 0.15) is 18.1 Å². The van der Waals surface area contributed by atoms with Crippen LogP contribution in [0.5, 0.6) is 5.75 Å². The van der Waals surface area contributed by atoms with Crippen molar-refractivity contribution < 1.29 is 9.53 Å². The molecule has 0 fully saturated rings. The molecule has 0 aliphatic carbocycles. The van der Waals surface area contributed by atoms with Crippen LogP contribution in [0, 0.1) is 0 Å². The molecule has 0 spiro atoms.